The molecule has 1 fully saturated rings. The maximum Gasteiger partial charge on any atom is 0.338 e. The van der Waals surface area contributed by atoms with E-state index in [1.165, 1.54) is 25.4 Å². The van der Waals surface area contributed by atoms with Crippen LogP contribution in [0.3, 0.4) is 0 Å². The first-order chi connectivity index (χ1) is 15.2. The molecule has 0 aliphatic heterocycles. The molecule has 6 nitrogen and oxygen atoms in total. The number of anilines is 1. The van der Waals surface area contributed by atoms with Gasteiger partial charge in [-0.25, -0.2) is 9.18 Å². The molecular formula is C25H26FN3O3. The van der Waals surface area contributed by atoms with Crippen LogP contribution in [0.15, 0.2) is 48.7 Å². The van der Waals surface area contributed by atoms with Gasteiger partial charge in [-0.15, -0.1) is 0 Å². The fourth-order valence-electron chi connectivity index (χ4n) is 3.78. The van der Waals surface area contributed by atoms with Crippen LogP contribution >= 0.6 is 0 Å². The minimum absolute atomic E-state index is 0.354. The maximum atomic E-state index is 13.5. The van der Waals surface area contributed by atoms with Crippen LogP contribution in [0, 0.1) is 5.82 Å². The van der Waals surface area contributed by atoms with E-state index in [0.29, 0.717) is 34.0 Å². The fourth-order valence-corrected chi connectivity index (χ4v) is 3.78. The molecule has 1 aromatic heterocycles. The first-order valence-electron chi connectivity index (χ1n) is 10.6. The molecular weight excluding hydrogens is 409 g/mol. The number of nitrogens with one attached hydrogen (secondary N) is 1. The Hall–Kier alpha value is -3.48. The third-order valence-electron chi connectivity index (χ3n) is 5.50. The summed E-state index contributed by atoms with van der Waals surface area (Å²) < 4.78 is 20.2. The molecule has 0 spiro atoms. The second kappa shape index (κ2) is 8.22. The lowest BCUT2D eigenvalue weighted by atomic mass is 10.0. The van der Waals surface area contributed by atoms with Crippen LogP contribution in [-0.4, -0.2) is 28.8 Å². The van der Waals surface area contributed by atoms with Gasteiger partial charge in [0.2, 0.25) is 0 Å². The number of nitrogens with zero attached hydrogens (tertiary/aromatic N) is 2. The van der Waals surface area contributed by atoms with Crippen molar-refractivity contribution in [2.45, 2.75) is 45.1 Å². The Kier molecular flexibility index (Phi) is 5.59. The molecule has 32 heavy (non-hydrogen) atoms. The van der Waals surface area contributed by atoms with Crippen LogP contribution in [0.4, 0.5) is 10.1 Å². The van der Waals surface area contributed by atoms with Crippen molar-refractivity contribution in [2.75, 3.05) is 12.4 Å². The highest BCUT2D eigenvalue weighted by Gasteiger charge is 2.29. The van der Waals surface area contributed by atoms with Crippen LogP contribution in [0.2, 0.25) is 0 Å². The molecule has 0 bridgehead atoms. The van der Waals surface area contributed by atoms with Gasteiger partial charge in [-0.2, -0.15) is 5.10 Å². The number of carbonyl (C=O) groups excluding carboxylic acids is 2. The zero-order valence-corrected chi connectivity index (χ0v) is 18.6. The lowest BCUT2D eigenvalue weighted by molar-refractivity contribution is 0.0599. The summed E-state index contributed by atoms with van der Waals surface area (Å²) in [6, 6.07) is 11.3. The van der Waals surface area contributed by atoms with Gasteiger partial charge in [0, 0.05) is 11.3 Å². The van der Waals surface area contributed by atoms with E-state index >= 15 is 0 Å². The molecule has 1 N–H and O–H groups in total. The summed E-state index contributed by atoms with van der Waals surface area (Å²) in [5, 5.41) is 7.32. The van der Waals surface area contributed by atoms with Gasteiger partial charge in [0.1, 0.15) is 5.82 Å². The quantitative estimate of drug-likeness (QED) is 0.548. The van der Waals surface area contributed by atoms with Crippen molar-refractivity contribution in [3.05, 3.63) is 71.2 Å². The lowest BCUT2D eigenvalue weighted by Gasteiger charge is -2.23. The monoisotopic (exact) mass is 435 g/mol. The second-order valence-corrected chi connectivity index (χ2v) is 9.02. The van der Waals surface area contributed by atoms with Gasteiger partial charge in [-0.1, -0.05) is 6.07 Å². The molecule has 1 saturated carbocycles. The molecule has 0 unspecified atom stereocenters. The van der Waals surface area contributed by atoms with Gasteiger partial charge in [-0.05, 0) is 81.5 Å². The van der Waals surface area contributed by atoms with E-state index in [1.54, 1.807) is 28.9 Å². The van der Waals surface area contributed by atoms with Crippen molar-refractivity contribution < 1.29 is 18.7 Å². The topological polar surface area (TPSA) is 73.2 Å². The molecule has 0 saturated heterocycles. The van der Waals surface area contributed by atoms with E-state index in [4.69, 9.17) is 4.74 Å². The summed E-state index contributed by atoms with van der Waals surface area (Å²) in [5.74, 6) is -0.776. The lowest BCUT2D eigenvalue weighted by Crippen LogP contribution is -2.24. The highest BCUT2D eigenvalue weighted by Crippen LogP contribution is 2.42. The Morgan fingerprint density at radius 1 is 1.09 bits per heavy atom. The van der Waals surface area contributed by atoms with Gasteiger partial charge in [0.15, 0.2) is 0 Å². The normalized spacial score (nSPS) is 13.7. The summed E-state index contributed by atoms with van der Waals surface area (Å²) in [6.07, 6.45) is 3.60. The third kappa shape index (κ3) is 4.28. The molecule has 4 rings (SSSR count). The molecule has 2 aromatic carbocycles. The number of carbonyl (C=O) groups is 2. The van der Waals surface area contributed by atoms with Crippen LogP contribution in [0.1, 0.15) is 65.8 Å². The summed E-state index contributed by atoms with van der Waals surface area (Å²) in [6.45, 7) is 5.94. The van der Waals surface area contributed by atoms with E-state index in [9.17, 15) is 14.0 Å². The maximum absolute atomic E-state index is 13.5. The number of hydrogen-bond donors (Lipinski definition) is 1. The van der Waals surface area contributed by atoms with Crippen LogP contribution in [0.5, 0.6) is 0 Å². The minimum Gasteiger partial charge on any atom is -0.465 e. The van der Waals surface area contributed by atoms with Crippen molar-refractivity contribution in [1.29, 1.82) is 0 Å². The zero-order chi connectivity index (χ0) is 23.0. The Balaban J connectivity index is 1.70. The summed E-state index contributed by atoms with van der Waals surface area (Å²) in [4.78, 5) is 25.5. The number of halogens is 1. The van der Waals surface area contributed by atoms with Crippen molar-refractivity contribution in [3.8, 4) is 11.3 Å². The average molecular weight is 435 g/mol. The molecule has 0 radical (unpaired) electrons. The fraction of sp³-hybridized carbons (Fsp3) is 0.320. The highest BCUT2D eigenvalue weighted by atomic mass is 19.1. The number of aromatic nitrogens is 2. The van der Waals surface area contributed by atoms with E-state index in [0.717, 1.165) is 18.4 Å². The van der Waals surface area contributed by atoms with E-state index in [1.807, 2.05) is 26.8 Å². The molecule has 1 aliphatic carbocycles. The van der Waals surface area contributed by atoms with Crippen LogP contribution < -0.4 is 5.32 Å². The summed E-state index contributed by atoms with van der Waals surface area (Å²) >= 11 is 0. The molecule has 1 aliphatic rings. The number of amides is 1. The van der Waals surface area contributed by atoms with E-state index in [2.05, 4.69) is 10.4 Å². The number of ether oxygens (including phenoxy) is 1. The molecule has 0 atom stereocenters. The van der Waals surface area contributed by atoms with Crippen molar-refractivity contribution in [2.24, 2.45) is 0 Å². The SMILES string of the molecule is COC(=O)c1cc(NC(=O)c2cnn(C(C)(C)C)c2-c2ccc(F)cc2)ccc1C1CC1. The second-order valence-electron chi connectivity index (χ2n) is 9.02. The Bertz CT molecular complexity index is 1170. The molecule has 1 heterocycles. The van der Waals surface area contributed by atoms with Crippen molar-refractivity contribution >= 4 is 17.6 Å². The van der Waals surface area contributed by atoms with Crippen molar-refractivity contribution in [1.82, 2.24) is 9.78 Å². The molecule has 3 aromatic rings. The Morgan fingerprint density at radius 3 is 2.38 bits per heavy atom. The van der Waals surface area contributed by atoms with E-state index < -0.39 is 11.5 Å². The Labute approximate surface area is 186 Å². The standard InChI is InChI=1S/C25H26FN3O3/c1-25(2,3)29-22(16-7-9-17(26)10-8-16)21(14-27-29)23(30)28-18-11-12-19(15-5-6-15)20(13-18)24(31)32-4/h7-15H,5-6H2,1-4H3,(H,28,30). The number of benzene rings is 2. The first kappa shape index (κ1) is 21.7. The minimum atomic E-state index is -0.421. The first-order valence-corrected chi connectivity index (χ1v) is 10.6. The molecule has 7 heteroatoms. The van der Waals surface area contributed by atoms with Crippen LogP contribution in [-0.2, 0) is 10.3 Å². The predicted molar refractivity (Wildman–Crippen MR) is 120 cm³/mol. The van der Waals surface area contributed by atoms with E-state index in [-0.39, 0.29) is 11.7 Å². The third-order valence-corrected chi connectivity index (χ3v) is 5.50. The smallest absolute Gasteiger partial charge is 0.338 e. The largest absolute Gasteiger partial charge is 0.465 e. The average Bonchev–Trinajstić information content (AvgIpc) is 3.49. The van der Waals surface area contributed by atoms with Gasteiger partial charge < -0.3 is 10.1 Å². The van der Waals surface area contributed by atoms with Gasteiger partial charge in [0.05, 0.1) is 35.7 Å². The van der Waals surface area contributed by atoms with Gasteiger partial charge >= 0.3 is 5.97 Å². The van der Waals surface area contributed by atoms with Crippen molar-refractivity contribution in [3.63, 3.8) is 0 Å². The van der Waals surface area contributed by atoms with Gasteiger partial charge in [-0.3, -0.25) is 9.48 Å². The number of rotatable bonds is 5. The predicted octanol–water partition coefficient (Wildman–Crippen LogP) is 5.36. The summed E-state index contributed by atoms with van der Waals surface area (Å²) in [7, 11) is 1.35. The molecule has 166 valence electrons. The highest BCUT2D eigenvalue weighted by molar-refractivity contribution is 6.08. The number of esters is 1. The zero-order valence-electron chi connectivity index (χ0n) is 18.6. The van der Waals surface area contributed by atoms with Gasteiger partial charge in [0.25, 0.3) is 5.91 Å². The molecule has 1 amide bonds. The Morgan fingerprint density at radius 2 is 1.78 bits per heavy atom. The summed E-state index contributed by atoms with van der Waals surface area (Å²) in [5.41, 5.74) is 3.15. The number of methoxy groups -OCH3 is 1. The number of hydrogen-bond acceptors (Lipinski definition) is 4. The van der Waals surface area contributed by atoms with Crippen LogP contribution in [0.25, 0.3) is 11.3 Å².